The van der Waals surface area contributed by atoms with Crippen molar-refractivity contribution in [2.45, 2.75) is 59.7 Å². The fraction of sp³-hybridized carbons (Fsp3) is 0.464. The molecule has 1 aliphatic heterocycles. The van der Waals surface area contributed by atoms with Crippen LogP contribution in [-0.4, -0.2) is 53.7 Å². The van der Waals surface area contributed by atoms with Crippen molar-refractivity contribution in [3.63, 3.8) is 0 Å². The second-order valence-electron chi connectivity index (χ2n) is 9.23. The lowest BCUT2D eigenvalue weighted by atomic mass is 9.93. The van der Waals surface area contributed by atoms with E-state index in [1.54, 1.807) is 19.2 Å². The normalized spacial score (nSPS) is 17.7. The third-order valence-corrected chi connectivity index (χ3v) is 6.86. The molecule has 1 heterocycles. The zero-order valence-corrected chi connectivity index (χ0v) is 20.9. The van der Waals surface area contributed by atoms with E-state index in [4.69, 9.17) is 4.74 Å². The van der Waals surface area contributed by atoms with E-state index in [1.807, 2.05) is 12.1 Å². The molecule has 1 unspecified atom stereocenters. The van der Waals surface area contributed by atoms with Crippen molar-refractivity contribution in [2.75, 3.05) is 26.7 Å². The number of carboxylic acids is 1. The van der Waals surface area contributed by atoms with E-state index in [0.29, 0.717) is 11.6 Å². The third kappa shape index (κ3) is 5.66. The highest BCUT2D eigenvalue weighted by molar-refractivity contribution is 5.87. The molecule has 0 saturated carbocycles. The summed E-state index contributed by atoms with van der Waals surface area (Å²) in [7, 11) is 1.75. The average Bonchev–Trinajstić information content (AvgIpc) is 2.81. The summed E-state index contributed by atoms with van der Waals surface area (Å²) in [6.07, 6.45) is 5.44. The van der Waals surface area contributed by atoms with Gasteiger partial charge in [-0.25, -0.2) is 4.79 Å². The summed E-state index contributed by atoms with van der Waals surface area (Å²) in [6, 6.07) is 10.2. The minimum atomic E-state index is -0.891. The van der Waals surface area contributed by atoms with Crippen LogP contribution in [-0.2, 0) is 6.54 Å². The fourth-order valence-corrected chi connectivity index (χ4v) is 4.64. The number of nitrogens with zero attached hydrogens (tertiary/aromatic N) is 2. The van der Waals surface area contributed by atoms with Crippen molar-refractivity contribution >= 4 is 12.0 Å². The zero-order chi connectivity index (χ0) is 24.1. The first-order chi connectivity index (χ1) is 15.8. The molecule has 0 aliphatic carbocycles. The summed E-state index contributed by atoms with van der Waals surface area (Å²) in [5, 5.41) is 9.32. The summed E-state index contributed by atoms with van der Waals surface area (Å²) < 4.78 is 5.85. The Morgan fingerprint density at radius 3 is 2.48 bits per heavy atom. The van der Waals surface area contributed by atoms with Gasteiger partial charge in [-0.1, -0.05) is 31.2 Å². The maximum atomic E-state index is 11.4. The zero-order valence-electron chi connectivity index (χ0n) is 20.9. The van der Waals surface area contributed by atoms with Gasteiger partial charge in [-0.15, -0.1) is 0 Å². The fourth-order valence-electron chi connectivity index (χ4n) is 4.64. The number of methoxy groups -OCH3 is 1. The number of aryl methyl sites for hydroxylation is 1. The standard InChI is InChI=1S/C28H38N2O3/c1-7-8-9-24-21(5)20(4)16-27(33-6)25(24)17-30-15-14-29(19(2)3)18-26(30)22-10-12-23(13-11-22)28(31)32/h8-13,16,19,26H,7,14-15,17-18H2,1-6H3,(H,31,32)/b9-8-. The Morgan fingerprint density at radius 1 is 1.21 bits per heavy atom. The second kappa shape index (κ2) is 11.0. The maximum absolute atomic E-state index is 11.4. The van der Waals surface area contributed by atoms with Gasteiger partial charge < -0.3 is 9.84 Å². The van der Waals surface area contributed by atoms with Crippen molar-refractivity contribution < 1.29 is 14.6 Å². The first-order valence-electron chi connectivity index (χ1n) is 11.9. The van der Waals surface area contributed by atoms with Gasteiger partial charge in [0, 0.05) is 43.8 Å². The average molecular weight is 451 g/mol. The molecular formula is C28H38N2O3. The first-order valence-corrected chi connectivity index (χ1v) is 11.9. The van der Waals surface area contributed by atoms with Gasteiger partial charge in [0.15, 0.2) is 0 Å². The number of piperazine rings is 1. The third-order valence-electron chi connectivity index (χ3n) is 6.86. The lowest BCUT2D eigenvalue weighted by Crippen LogP contribution is -2.50. The lowest BCUT2D eigenvalue weighted by molar-refractivity contribution is 0.0501. The summed E-state index contributed by atoms with van der Waals surface area (Å²) in [4.78, 5) is 16.4. The number of allylic oxidation sites excluding steroid dienone is 1. The number of carboxylic acid groups (broad SMARTS) is 1. The molecule has 1 saturated heterocycles. The highest BCUT2D eigenvalue weighted by Gasteiger charge is 2.31. The number of carbonyl (C=O) groups is 1. The van der Waals surface area contributed by atoms with Crippen LogP contribution in [0.3, 0.4) is 0 Å². The first kappa shape index (κ1) is 25.0. The topological polar surface area (TPSA) is 53.0 Å². The Hall–Kier alpha value is -2.63. The molecule has 0 amide bonds. The van der Waals surface area contributed by atoms with Crippen molar-refractivity contribution in [1.82, 2.24) is 9.80 Å². The van der Waals surface area contributed by atoms with Crippen LogP contribution in [0.4, 0.5) is 0 Å². The van der Waals surface area contributed by atoms with Crippen LogP contribution in [0.1, 0.15) is 71.4 Å². The van der Waals surface area contributed by atoms with E-state index in [2.05, 4.69) is 62.6 Å². The van der Waals surface area contributed by atoms with Crippen LogP contribution in [0, 0.1) is 13.8 Å². The predicted octanol–water partition coefficient (Wildman–Crippen LogP) is 5.70. The summed E-state index contributed by atoms with van der Waals surface area (Å²) >= 11 is 0. The molecule has 0 aromatic heterocycles. The molecule has 5 heteroatoms. The molecule has 0 spiro atoms. The Labute approximate surface area is 198 Å². The van der Waals surface area contributed by atoms with Crippen molar-refractivity contribution in [2.24, 2.45) is 0 Å². The van der Waals surface area contributed by atoms with E-state index in [1.165, 1.54) is 22.3 Å². The van der Waals surface area contributed by atoms with Gasteiger partial charge >= 0.3 is 5.97 Å². The van der Waals surface area contributed by atoms with Crippen LogP contribution in [0.25, 0.3) is 6.08 Å². The molecule has 2 aromatic carbocycles. The monoisotopic (exact) mass is 450 g/mol. The Balaban J connectivity index is 2.02. The molecule has 0 bridgehead atoms. The molecule has 1 aliphatic rings. The van der Waals surface area contributed by atoms with Gasteiger partial charge in [-0.05, 0) is 74.6 Å². The molecule has 3 rings (SSSR count). The van der Waals surface area contributed by atoms with E-state index in [-0.39, 0.29) is 6.04 Å². The van der Waals surface area contributed by atoms with Crippen LogP contribution in [0.2, 0.25) is 0 Å². The van der Waals surface area contributed by atoms with Gasteiger partial charge in [0.25, 0.3) is 0 Å². The van der Waals surface area contributed by atoms with Crippen molar-refractivity contribution in [3.8, 4) is 5.75 Å². The number of ether oxygens (including phenoxy) is 1. The smallest absolute Gasteiger partial charge is 0.335 e. The Bertz CT molecular complexity index is 995. The quantitative estimate of drug-likeness (QED) is 0.559. The lowest BCUT2D eigenvalue weighted by Gasteiger charge is -2.43. The number of benzene rings is 2. The minimum Gasteiger partial charge on any atom is -0.496 e. The molecule has 33 heavy (non-hydrogen) atoms. The van der Waals surface area contributed by atoms with Gasteiger partial charge in [0.1, 0.15) is 5.75 Å². The van der Waals surface area contributed by atoms with Crippen LogP contribution < -0.4 is 4.74 Å². The van der Waals surface area contributed by atoms with E-state index in [0.717, 1.165) is 43.9 Å². The number of rotatable bonds is 8. The van der Waals surface area contributed by atoms with Crippen LogP contribution >= 0.6 is 0 Å². The molecule has 1 atom stereocenters. The number of aromatic carboxylic acids is 1. The second-order valence-corrected chi connectivity index (χ2v) is 9.23. The highest BCUT2D eigenvalue weighted by Crippen LogP contribution is 2.35. The molecule has 178 valence electrons. The molecule has 5 nitrogen and oxygen atoms in total. The molecule has 2 aromatic rings. The van der Waals surface area contributed by atoms with Crippen LogP contribution in [0.5, 0.6) is 5.75 Å². The van der Waals surface area contributed by atoms with Gasteiger partial charge in [0.2, 0.25) is 0 Å². The van der Waals surface area contributed by atoms with Gasteiger partial charge in [0.05, 0.1) is 12.7 Å². The van der Waals surface area contributed by atoms with Crippen molar-refractivity contribution in [3.05, 3.63) is 69.8 Å². The van der Waals surface area contributed by atoms with Crippen LogP contribution in [0.15, 0.2) is 36.4 Å². The van der Waals surface area contributed by atoms with E-state index < -0.39 is 5.97 Å². The summed E-state index contributed by atoms with van der Waals surface area (Å²) in [5.41, 5.74) is 6.47. The number of hydrogen-bond acceptors (Lipinski definition) is 4. The largest absolute Gasteiger partial charge is 0.496 e. The maximum Gasteiger partial charge on any atom is 0.335 e. The van der Waals surface area contributed by atoms with Gasteiger partial charge in [-0.3, -0.25) is 9.80 Å². The van der Waals surface area contributed by atoms with E-state index >= 15 is 0 Å². The molecule has 0 radical (unpaired) electrons. The van der Waals surface area contributed by atoms with Gasteiger partial charge in [-0.2, -0.15) is 0 Å². The molecular weight excluding hydrogens is 412 g/mol. The minimum absolute atomic E-state index is 0.179. The Kier molecular flexibility index (Phi) is 8.33. The predicted molar refractivity (Wildman–Crippen MR) is 135 cm³/mol. The summed E-state index contributed by atoms with van der Waals surface area (Å²) in [6.45, 7) is 14.6. The summed E-state index contributed by atoms with van der Waals surface area (Å²) in [5.74, 6) is 0.0400. The highest BCUT2D eigenvalue weighted by atomic mass is 16.5. The Morgan fingerprint density at radius 2 is 1.91 bits per heavy atom. The van der Waals surface area contributed by atoms with Crippen molar-refractivity contribution in [1.29, 1.82) is 0 Å². The SMILES string of the molecule is CC/C=C\c1c(C)c(C)cc(OC)c1CN1CCN(C(C)C)CC1c1ccc(C(=O)O)cc1. The number of hydrogen-bond donors (Lipinski definition) is 1. The van der Waals surface area contributed by atoms with E-state index in [9.17, 15) is 9.90 Å². The molecule has 1 fully saturated rings. The molecule has 1 N–H and O–H groups in total.